The maximum absolute atomic E-state index is 5.99. The zero-order valence-electron chi connectivity index (χ0n) is 12.2. The molecule has 1 rings (SSSR count). The molecule has 0 aromatic heterocycles. The van der Waals surface area contributed by atoms with Gasteiger partial charge in [0.2, 0.25) is 0 Å². The van der Waals surface area contributed by atoms with Crippen molar-refractivity contribution in [2.75, 3.05) is 32.7 Å². The predicted molar refractivity (Wildman–Crippen MR) is 75.2 cm³/mol. The van der Waals surface area contributed by atoms with Crippen LogP contribution in [0.2, 0.25) is 0 Å². The van der Waals surface area contributed by atoms with Crippen molar-refractivity contribution in [2.24, 2.45) is 11.7 Å². The van der Waals surface area contributed by atoms with Crippen LogP contribution in [-0.4, -0.2) is 54.6 Å². The molecule has 0 aromatic carbocycles. The van der Waals surface area contributed by atoms with Crippen molar-refractivity contribution < 1.29 is 0 Å². The standard InChI is InChI=1S/C14H31N3/c1-5-7-12(3)14(10-15)17-9-8-16(6-2)13(4)11-17/h12-14H,5-11,15H2,1-4H3. The van der Waals surface area contributed by atoms with Crippen LogP contribution in [0, 0.1) is 5.92 Å². The summed E-state index contributed by atoms with van der Waals surface area (Å²) < 4.78 is 0. The molecule has 1 aliphatic rings. The highest BCUT2D eigenvalue weighted by Crippen LogP contribution is 2.19. The minimum absolute atomic E-state index is 0.580. The molecule has 3 atom stereocenters. The van der Waals surface area contributed by atoms with Gasteiger partial charge in [-0.25, -0.2) is 0 Å². The topological polar surface area (TPSA) is 32.5 Å². The Balaban J connectivity index is 2.53. The number of nitrogens with zero attached hydrogens (tertiary/aromatic N) is 2. The molecule has 0 spiro atoms. The Kier molecular flexibility index (Phi) is 6.45. The summed E-state index contributed by atoms with van der Waals surface area (Å²) in [5.74, 6) is 0.727. The highest BCUT2D eigenvalue weighted by molar-refractivity contribution is 4.85. The van der Waals surface area contributed by atoms with Gasteiger partial charge in [-0.05, 0) is 25.8 Å². The molecule has 102 valence electrons. The van der Waals surface area contributed by atoms with Crippen molar-refractivity contribution in [3.05, 3.63) is 0 Å². The van der Waals surface area contributed by atoms with Gasteiger partial charge in [-0.15, -0.1) is 0 Å². The van der Waals surface area contributed by atoms with Crippen molar-refractivity contribution in [2.45, 2.75) is 52.6 Å². The van der Waals surface area contributed by atoms with Gasteiger partial charge in [-0.1, -0.05) is 27.2 Å². The van der Waals surface area contributed by atoms with Crippen LogP contribution in [0.15, 0.2) is 0 Å². The third kappa shape index (κ3) is 3.94. The molecule has 0 bridgehead atoms. The Hall–Kier alpha value is -0.120. The third-order valence-corrected chi connectivity index (χ3v) is 4.31. The first-order valence-electron chi connectivity index (χ1n) is 7.32. The molecular formula is C14H31N3. The van der Waals surface area contributed by atoms with E-state index in [1.807, 2.05) is 0 Å². The molecule has 1 aliphatic heterocycles. The van der Waals surface area contributed by atoms with Crippen LogP contribution in [0.1, 0.15) is 40.5 Å². The molecule has 0 amide bonds. The Morgan fingerprint density at radius 1 is 1.29 bits per heavy atom. The summed E-state index contributed by atoms with van der Waals surface area (Å²) in [4.78, 5) is 5.19. The average Bonchev–Trinajstić information content (AvgIpc) is 2.30. The van der Waals surface area contributed by atoms with Crippen molar-refractivity contribution in [3.63, 3.8) is 0 Å². The first-order chi connectivity index (χ1) is 8.13. The number of piperazine rings is 1. The SMILES string of the molecule is CCCC(C)C(CN)N1CCN(CC)C(C)C1. The summed E-state index contributed by atoms with van der Waals surface area (Å²) >= 11 is 0. The monoisotopic (exact) mass is 241 g/mol. The minimum Gasteiger partial charge on any atom is -0.329 e. The molecule has 1 heterocycles. The predicted octanol–water partition coefficient (Wildman–Crippen LogP) is 1.78. The van der Waals surface area contributed by atoms with Crippen molar-refractivity contribution in [1.82, 2.24) is 9.80 Å². The fourth-order valence-corrected chi connectivity index (χ4v) is 3.18. The minimum atomic E-state index is 0.580. The van der Waals surface area contributed by atoms with Crippen molar-refractivity contribution in [3.8, 4) is 0 Å². The van der Waals surface area contributed by atoms with E-state index < -0.39 is 0 Å². The molecule has 3 unspecified atom stereocenters. The van der Waals surface area contributed by atoms with Crippen LogP contribution in [0.3, 0.4) is 0 Å². The van der Waals surface area contributed by atoms with Crippen LogP contribution in [0.5, 0.6) is 0 Å². The van der Waals surface area contributed by atoms with Crippen molar-refractivity contribution in [1.29, 1.82) is 0 Å². The van der Waals surface area contributed by atoms with Gasteiger partial charge in [0.1, 0.15) is 0 Å². The molecule has 17 heavy (non-hydrogen) atoms. The van der Waals surface area contributed by atoms with Crippen molar-refractivity contribution >= 4 is 0 Å². The van der Waals surface area contributed by atoms with Gasteiger partial charge in [0.15, 0.2) is 0 Å². The first-order valence-corrected chi connectivity index (χ1v) is 7.32. The number of hydrogen-bond donors (Lipinski definition) is 1. The second-order valence-electron chi connectivity index (χ2n) is 5.54. The van der Waals surface area contributed by atoms with Gasteiger partial charge in [0.05, 0.1) is 0 Å². The first kappa shape index (κ1) is 14.9. The lowest BCUT2D eigenvalue weighted by atomic mass is 9.94. The van der Waals surface area contributed by atoms with E-state index in [2.05, 4.69) is 37.5 Å². The van der Waals surface area contributed by atoms with Gasteiger partial charge < -0.3 is 5.73 Å². The summed E-state index contributed by atoms with van der Waals surface area (Å²) in [5, 5.41) is 0. The second-order valence-corrected chi connectivity index (χ2v) is 5.54. The maximum atomic E-state index is 5.99. The van der Waals surface area contributed by atoms with Crippen LogP contribution >= 0.6 is 0 Å². The largest absolute Gasteiger partial charge is 0.329 e. The molecule has 1 saturated heterocycles. The molecule has 0 radical (unpaired) electrons. The Morgan fingerprint density at radius 3 is 2.47 bits per heavy atom. The van der Waals surface area contributed by atoms with E-state index >= 15 is 0 Å². The summed E-state index contributed by atoms with van der Waals surface area (Å²) in [6, 6.07) is 1.26. The lowest BCUT2D eigenvalue weighted by molar-refractivity contribution is 0.0425. The van der Waals surface area contributed by atoms with Crippen LogP contribution < -0.4 is 5.73 Å². The fraction of sp³-hybridized carbons (Fsp3) is 1.00. The van der Waals surface area contributed by atoms with E-state index in [9.17, 15) is 0 Å². The molecule has 2 N–H and O–H groups in total. The lowest BCUT2D eigenvalue weighted by Gasteiger charge is -2.44. The molecule has 3 nitrogen and oxygen atoms in total. The van der Waals surface area contributed by atoms with E-state index in [0.29, 0.717) is 12.1 Å². The van der Waals surface area contributed by atoms with E-state index in [1.54, 1.807) is 0 Å². The Bertz CT molecular complexity index is 208. The average molecular weight is 241 g/mol. The summed E-state index contributed by atoms with van der Waals surface area (Å²) in [6.45, 7) is 14.8. The quantitative estimate of drug-likeness (QED) is 0.769. The van der Waals surface area contributed by atoms with Gasteiger partial charge >= 0.3 is 0 Å². The van der Waals surface area contributed by atoms with Gasteiger partial charge in [-0.2, -0.15) is 0 Å². The molecule has 3 heteroatoms. The number of rotatable bonds is 6. The fourth-order valence-electron chi connectivity index (χ4n) is 3.18. The van der Waals surface area contributed by atoms with Gasteiger partial charge in [-0.3, -0.25) is 9.80 Å². The summed E-state index contributed by atoms with van der Waals surface area (Å²) in [6.07, 6.45) is 2.56. The zero-order chi connectivity index (χ0) is 12.8. The van der Waals surface area contributed by atoms with Gasteiger partial charge in [0, 0.05) is 38.3 Å². The van der Waals surface area contributed by atoms with E-state index in [0.717, 1.165) is 12.5 Å². The summed E-state index contributed by atoms with van der Waals surface area (Å²) in [7, 11) is 0. The Labute approximate surface area is 107 Å². The van der Waals surface area contributed by atoms with Crippen LogP contribution in [0.25, 0.3) is 0 Å². The normalized spacial score (nSPS) is 27.0. The highest BCUT2D eigenvalue weighted by atomic mass is 15.3. The van der Waals surface area contributed by atoms with E-state index in [-0.39, 0.29) is 0 Å². The van der Waals surface area contributed by atoms with Crippen LogP contribution in [0.4, 0.5) is 0 Å². The number of likely N-dealkylation sites (N-methyl/N-ethyl adjacent to an activating group) is 1. The zero-order valence-corrected chi connectivity index (χ0v) is 12.2. The third-order valence-electron chi connectivity index (χ3n) is 4.31. The number of hydrogen-bond acceptors (Lipinski definition) is 3. The van der Waals surface area contributed by atoms with Crippen LogP contribution in [-0.2, 0) is 0 Å². The highest BCUT2D eigenvalue weighted by Gasteiger charge is 2.29. The second kappa shape index (κ2) is 7.34. The molecule has 0 aromatic rings. The van der Waals surface area contributed by atoms with E-state index in [1.165, 1.54) is 39.0 Å². The molecule has 1 fully saturated rings. The molecule has 0 aliphatic carbocycles. The lowest BCUT2D eigenvalue weighted by Crippen LogP contribution is -2.57. The smallest absolute Gasteiger partial charge is 0.0245 e. The molecular weight excluding hydrogens is 210 g/mol. The summed E-state index contributed by atoms with van der Waals surface area (Å²) in [5.41, 5.74) is 5.99. The Morgan fingerprint density at radius 2 is 2.00 bits per heavy atom. The maximum Gasteiger partial charge on any atom is 0.0245 e. The molecule has 0 saturated carbocycles. The number of nitrogens with two attached hydrogens (primary N) is 1. The van der Waals surface area contributed by atoms with E-state index in [4.69, 9.17) is 5.73 Å². The van der Waals surface area contributed by atoms with Gasteiger partial charge in [0.25, 0.3) is 0 Å².